The second-order valence-electron chi connectivity index (χ2n) is 5.38. The highest BCUT2D eigenvalue weighted by Crippen LogP contribution is 2.36. The Labute approximate surface area is 129 Å². The van der Waals surface area contributed by atoms with Crippen molar-refractivity contribution in [1.82, 2.24) is 24.1 Å². The minimum atomic E-state index is -3.66. The number of aromatic nitrogens is 4. The average molecular weight is 325 g/mol. The molecule has 0 radical (unpaired) electrons. The first-order chi connectivity index (χ1) is 10.4. The lowest BCUT2D eigenvalue weighted by Gasteiger charge is -2.22. The van der Waals surface area contributed by atoms with Gasteiger partial charge in [0, 0.05) is 33.1 Å². The summed E-state index contributed by atoms with van der Waals surface area (Å²) in [6.45, 7) is 2.05. The highest BCUT2D eigenvalue weighted by Gasteiger charge is 2.43. The van der Waals surface area contributed by atoms with E-state index in [1.807, 2.05) is 0 Å². The molecule has 0 amide bonds. The van der Waals surface area contributed by atoms with E-state index in [-0.39, 0.29) is 17.0 Å². The zero-order valence-electron chi connectivity index (χ0n) is 12.7. The van der Waals surface area contributed by atoms with Gasteiger partial charge in [0.15, 0.2) is 0 Å². The summed E-state index contributed by atoms with van der Waals surface area (Å²) >= 11 is 0. The van der Waals surface area contributed by atoms with E-state index in [4.69, 9.17) is 4.74 Å². The van der Waals surface area contributed by atoms with E-state index in [9.17, 15) is 8.42 Å². The summed E-state index contributed by atoms with van der Waals surface area (Å²) in [5, 5.41) is 4.04. The normalized spacial score (nSPS) is 23.2. The van der Waals surface area contributed by atoms with Gasteiger partial charge < -0.3 is 9.72 Å². The van der Waals surface area contributed by atoms with Crippen LogP contribution in [-0.2, 0) is 21.8 Å². The predicted molar refractivity (Wildman–Crippen MR) is 78.6 cm³/mol. The molecule has 1 N–H and O–H groups in total. The van der Waals surface area contributed by atoms with Crippen molar-refractivity contribution in [2.45, 2.75) is 30.4 Å². The smallest absolute Gasteiger partial charge is 0.247 e. The van der Waals surface area contributed by atoms with E-state index < -0.39 is 10.0 Å². The standard InChI is InChI=1S/C13H19N5O3S/c1-9-12(7-16-17(9)2)22(19,20)18-8-10(21-3)6-11(18)13-14-4-5-15-13/h4-5,7,10-11H,6,8H2,1-3H3,(H,14,15)/t10-,11?/m1/s1. The molecule has 0 aromatic carbocycles. The number of ether oxygens (including phenoxy) is 1. The molecular formula is C13H19N5O3S. The van der Waals surface area contributed by atoms with Crippen LogP contribution in [0, 0.1) is 6.92 Å². The zero-order chi connectivity index (χ0) is 15.9. The minimum absolute atomic E-state index is 0.151. The fourth-order valence-corrected chi connectivity index (χ4v) is 4.59. The first-order valence-electron chi connectivity index (χ1n) is 6.97. The van der Waals surface area contributed by atoms with E-state index in [1.165, 1.54) is 10.5 Å². The number of hydrogen-bond acceptors (Lipinski definition) is 5. The third-order valence-corrected chi connectivity index (χ3v) is 6.14. The summed E-state index contributed by atoms with van der Waals surface area (Å²) in [5.41, 5.74) is 0.610. The summed E-state index contributed by atoms with van der Waals surface area (Å²) < 4.78 is 34.4. The molecular weight excluding hydrogens is 306 g/mol. The predicted octanol–water partition coefficient (Wildman–Crippen LogP) is 0.602. The van der Waals surface area contributed by atoms with Crippen molar-refractivity contribution in [2.75, 3.05) is 13.7 Å². The molecule has 1 aliphatic rings. The molecule has 1 fully saturated rings. The maximum atomic E-state index is 13.0. The molecule has 3 heterocycles. The van der Waals surface area contributed by atoms with Crippen LogP contribution < -0.4 is 0 Å². The zero-order valence-corrected chi connectivity index (χ0v) is 13.5. The quantitative estimate of drug-likeness (QED) is 0.888. The van der Waals surface area contributed by atoms with Crippen LogP contribution >= 0.6 is 0 Å². The number of rotatable bonds is 4. The highest BCUT2D eigenvalue weighted by atomic mass is 32.2. The third-order valence-electron chi connectivity index (χ3n) is 4.16. The van der Waals surface area contributed by atoms with E-state index >= 15 is 0 Å². The molecule has 0 saturated carbocycles. The van der Waals surface area contributed by atoms with Gasteiger partial charge in [0.2, 0.25) is 10.0 Å². The summed E-state index contributed by atoms with van der Waals surface area (Å²) in [6.07, 6.45) is 5.12. The molecule has 1 saturated heterocycles. The Morgan fingerprint density at radius 2 is 2.23 bits per heavy atom. The molecule has 3 rings (SSSR count). The second-order valence-corrected chi connectivity index (χ2v) is 7.24. The average Bonchev–Trinajstić information content (AvgIpc) is 3.19. The van der Waals surface area contributed by atoms with Crippen molar-refractivity contribution < 1.29 is 13.2 Å². The molecule has 0 bridgehead atoms. The van der Waals surface area contributed by atoms with Gasteiger partial charge in [0.05, 0.1) is 24.0 Å². The van der Waals surface area contributed by atoms with Crippen LogP contribution in [0.3, 0.4) is 0 Å². The summed E-state index contributed by atoms with van der Waals surface area (Å²) in [4.78, 5) is 7.44. The lowest BCUT2D eigenvalue weighted by atomic mass is 10.2. The second kappa shape index (κ2) is 5.49. The number of aromatic amines is 1. The Morgan fingerprint density at radius 3 is 2.77 bits per heavy atom. The van der Waals surface area contributed by atoms with Crippen molar-refractivity contribution >= 4 is 10.0 Å². The van der Waals surface area contributed by atoms with Gasteiger partial charge >= 0.3 is 0 Å². The molecule has 2 aromatic rings. The van der Waals surface area contributed by atoms with Crippen LogP contribution in [0.1, 0.15) is 24.0 Å². The molecule has 0 aliphatic carbocycles. The van der Waals surface area contributed by atoms with Gasteiger partial charge in [-0.25, -0.2) is 13.4 Å². The molecule has 0 spiro atoms. The van der Waals surface area contributed by atoms with Gasteiger partial charge in [-0.05, 0) is 13.3 Å². The van der Waals surface area contributed by atoms with E-state index in [1.54, 1.807) is 38.2 Å². The van der Waals surface area contributed by atoms with E-state index in [0.717, 1.165) is 0 Å². The number of methoxy groups -OCH3 is 1. The Morgan fingerprint density at radius 1 is 1.45 bits per heavy atom. The van der Waals surface area contributed by atoms with Gasteiger partial charge in [0.1, 0.15) is 10.7 Å². The summed E-state index contributed by atoms with van der Waals surface area (Å²) in [7, 11) is -0.342. The van der Waals surface area contributed by atoms with E-state index in [0.29, 0.717) is 24.5 Å². The van der Waals surface area contributed by atoms with Crippen LogP contribution in [0.15, 0.2) is 23.5 Å². The van der Waals surface area contributed by atoms with Crippen LogP contribution in [0.25, 0.3) is 0 Å². The molecule has 1 unspecified atom stereocenters. The monoisotopic (exact) mass is 325 g/mol. The number of sulfonamides is 1. The van der Waals surface area contributed by atoms with Crippen molar-refractivity contribution in [2.24, 2.45) is 7.05 Å². The van der Waals surface area contributed by atoms with Gasteiger partial charge in [0.25, 0.3) is 0 Å². The Kier molecular flexibility index (Phi) is 3.79. The molecule has 2 aromatic heterocycles. The molecule has 1 aliphatic heterocycles. The van der Waals surface area contributed by atoms with E-state index in [2.05, 4.69) is 15.1 Å². The van der Waals surface area contributed by atoms with Crippen LogP contribution in [-0.4, -0.2) is 52.2 Å². The molecule has 22 heavy (non-hydrogen) atoms. The molecule has 9 heteroatoms. The fraction of sp³-hybridized carbons (Fsp3) is 0.538. The van der Waals surface area contributed by atoms with Crippen molar-refractivity contribution in [3.05, 3.63) is 30.1 Å². The third kappa shape index (κ3) is 2.34. The highest BCUT2D eigenvalue weighted by molar-refractivity contribution is 7.89. The van der Waals surface area contributed by atoms with Gasteiger partial charge in [-0.2, -0.15) is 9.40 Å². The van der Waals surface area contributed by atoms with Crippen molar-refractivity contribution in [3.8, 4) is 0 Å². The van der Waals surface area contributed by atoms with Crippen molar-refractivity contribution in [3.63, 3.8) is 0 Å². The number of H-pyrrole nitrogens is 1. The Bertz CT molecular complexity index is 753. The SMILES string of the molecule is CO[C@@H]1CC(c2ncc[nH]2)N(S(=O)(=O)c2cnn(C)c2C)C1. The maximum absolute atomic E-state index is 13.0. The number of hydrogen-bond donors (Lipinski definition) is 1. The van der Waals surface area contributed by atoms with Crippen LogP contribution in [0.5, 0.6) is 0 Å². The molecule has 2 atom stereocenters. The molecule has 8 nitrogen and oxygen atoms in total. The Balaban J connectivity index is 2.02. The lowest BCUT2D eigenvalue weighted by Crippen LogP contribution is -2.32. The lowest BCUT2D eigenvalue weighted by molar-refractivity contribution is 0.114. The largest absolute Gasteiger partial charge is 0.380 e. The topological polar surface area (TPSA) is 93.1 Å². The van der Waals surface area contributed by atoms with Gasteiger partial charge in [-0.3, -0.25) is 4.68 Å². The fourth-order valence-electron chi connectivity index (χ4n) is 2.77. The summed E-state index contributed by atoms with van der Waals surface area (Å²) in [5.74, 6) is 0.629. The Hall–Kier alpha value is -1.71. The van der Waals surface area contributed by atoms with Gasteiger partial charge in [-0.1, -0.05) is 0 Å². The number of aryl methyl sites for hydroxylation is 1. The van der Waals surface area contributed by atoms with Crippen molar-refractivity contribution in [1.29, 1.82) is 0 Å². The van der Waals surface area contributed by atoms with Crippen LogP contribution in [0.4, 0.5) is 0 Å². The first-order valence-corrected chi connectivity index (χ1v) is 8.41. The molecule has 120 valence electrons. The maximum Gasteiger partial charge on any atom is 0.247 e. The number of nitrogens with zero attached hydrogens (tertiary/aromatic N) is 4. The number of imidazole rings is 1. The van der Waals surface area contributed by atoms with Crippen LogP contribution in [0.2, 0.25) is 0 Å². The van der Waals surface area contributed by atoms with Gasteiger partial charge in [-0.15, -0.1) is 0 Å². The number of nitrogens with one attached hydrogen (secondary N) is 1. The summed E-state index contributed by atoms with van der Waals surface area (Å²) in [6, 6.07) is -0.357. The minimum Gasteiger partial charge on any atom is -0.380 e. The first kappa shape index (κ1) is 15.2.